The van der Waals surface area contributed by atoms with Crippen LogP contribution in [0.3, 0.4) is 0 Å². The number of rotatable bonds is 3. The van der Waals surface area contributed by atoms with Gasteiger partial charge in [0.2, 0.25) is 0 Å². The Bertz CT molecular complexity index is 228. The van der Waals surface area contributed by atoms with Crippen molar-refractivity contribution in [1.82, 2.24) is 0 Å². The molecule has 0 bridgehead atoms. The summed E-state index contributed by atoms with van der Waals surface area (Å²) in [6, 6.07) is 7.66. The first-order valence-electron chi connectivity index (χ1n) is 3.86. The van der Waals surface area contributed by atoms with Crippen LogP contribution in [0.1, 0.15) is 19.4 Å². The number of hydrogen-bond acceptors (Lipinski definition) is 1. The van der Waals surface area contributed by atoms with Gasteiger partial charge in [0.15, 0.2) is 0 Å². The zero-order valence-corrected chi connectivity index (χ0v) is 8.06. The molecule has 0 spiro atoms. The Hall–Kier alpha value is -0.530. The number of ether oxygens (including phenoxy) is 1. The molecular weight excluding hydrogens is 172 g/mol. The highest BCUT2D eigenvalue weighted by molar-refractivity contribution is 6.30. The van der Waals surface area contributed by atoms with Crippen molar-refractivity contribution in [3.8, 4) is 0 Å². The van der Waals surface area contributed by atoms with E-state index in [0.717, 1.165) is 16.7 Å². The third-order valence-electron chi connectivity index (χ3n) is 1.44. The van der Waals surface area contributed by atoms with Crippen molar-refractivity contribution in [2.45, 2.75) is 20.5 Å². The lowest BCUT2D eigenvalue weighted by Crippen LogP contribution is -1.94. The number of halogens is 1. The molecule has 1 rings (SSSR count). The molecule has 0 fully saturated rings. The molecule has 1 aromatic carbocycles. The second-order valence-electron chi connectivity index (χ2n) is 2.82. The van der Waals surface area contributed by atoms with E-state index in [4.69, 9.17) is 16.3 Å². The first-order chi connectivity index (χ1) is 5.68. The third-order valence-corrected chi connectivity index (χ3v) is 1.69. The minimum absolute atomic E-state index is 0.625. The fourth-order valence-electron chi connectivity index (χ4n) is 0.808. The maximum Gasteiger partial charge on any atom is 0.0914 e. The summed E-state index contributed by atoms with van der Waals surface area (Å²) < 4.78 is 5.34. The summed E-state index contributed by atoms with van der Waals surface area (Å²) in [6.07, 6.45) is 0.977. The zero-order valence-electron chi connectivity index (χ0n) is 7.30. The smallest absolute Gasteiger partial charge is 0.0914 e. The topological polar surface area (TPSA) is 9.23 Å². The van der Waals surface area contributed by atoms with Crippen LogP contribution in [-0.2, 0) is 11.3 Å². The van der Waals surface area contributed by atoms with Crippen molar-refractivity contribution < 1.29 is 4.74 Å². The van der Waals surface area contributed by atoms with Crippen LogP contribution in [0.4, 0.5) is 0 Å². The quantitative estimate of drug-likeness (QED) is 0.698. The van der Waals surface area contributed by atoms with Gasteiger partial charge >= 0.3 is 0 Å². The summed E-state index contributed by atoms with van der Waals surface area (Å²) in [6.45, 7) is 4.51. The second-order valence-corrected chi connectivity index (χ2v) is 3.26. The highest BCUT2D eigenvalue weighted by atomic mass is 35.5. The summed E-state index contributed by atoms with van der Waals surface area (Å²) >= 11 is 5.73. The highest BCUT2D eigenvalue weighted by Gasteiger charge is 1.96. The third kappa shape index (κ3) is 3.24. The molecule has 12 heavy (non-hydrogen) atoms. The molecule has 0 aromatic heterocycles. The van der Waals surface area contributed by atoms with E-state index < -0.39 is 0 Å². The van der Waals surface area contributed by atoms with Crippen LogP contribution in [0, 0.1) is 6.10 Å². The Balaban J connectivity index is 2.48. The lowest BCUT2D eigenvalue weighted by atomic mass is 10.2. The van der Waals surface area contributed by atoms with Gasteiger partial charge in [-0.2, -0.15) is 0 Å². The van der Waals surface area contributed by atoms with E-state index in [-0.39, 0.29) is 0 Å². The maximum absolute atomic E-state index is 5.73. The van der Waals surface area contributed by atoms with E-state index in [1.165, 1.54) is 0 Å². The Labute approximate surface area is 78.3 Å². The van der Waals surface area contributed by atoms with Crippen LogP contribution >= 0.6 is 11.6 Å². The monoisotopic (exact) mass is 183 g/mol. The number of hydrogen-bond donors (Lipinski definition) is 0. The Morgan fingerprint density at radius 2 is 1.83 bits per heavy atom. The predicted molar refractivity (Wildman–Crippen MR) is 50.8 cm³/mol. The van der Waals surface area contributed by atoms with Crippen LogP contribution in [0.5, 0.6) is 0 Å². The molecule has 65 valence electrons. The zero-order chi connectivity index (χ0) is 8.97. The molecule has 0 aliphatic heterocycles. The van der Waals surface area contributed by atoms with Gasteiger partial charge in [0, 0.05) is 5.02 Å². The molecule has 0 aliphatic carbocycles. The average Bonchev–Trinajstić information content (AvgIpc) is 2.03. The van der Waals surface area contributed by atoms with Gasteiger partial charge in [-0.1, -0.05) is 23.7 Å². The van der Waals surface area contributed by atoms with Crippen LogP contribution in [-0.4, -0.2) is 0 Å². The van der Waals surface area contributed by atoms with Gasteiger partial charge in [-0.05, 0) is 31.5 Å². The average molecular weight is 184 g/mol. The standard InChI is InChI=1S/C10H12ClO/c1-8(2)12-7-9-3-5-10(11)6-4-9/h3-6H,7H2,1-2H3. The lowest BCUT2D eigenvalue weighted by molar-refractivity contribution is 0.143. The Morgan fingerprint density at radius 1 is 1.25 bits per heavy atom. The van der Waals surface area contributed by atoms with Gasteiger partial charge in [-0.3, -0.25) is 0 Å². The fourth-order valence-corrected chi connectivity index (χ4v) is 0.934. The van der Waals surface area contributed by atoms with Crippen LogP contribution in [0.2, 0.25) is 5.02 Å². The van der Waals surface area contributed by atoms with E-state index in [1.54, 1.807) is 0 Å². The SMILES string of the molecule is C[C](C)OCc1ccc(Cl)cc1. The van der Waals surface area contributed by atoms with Gasteiger partial charge in [0.25, 0.3) is 0 Å². The molecule has 0 atom stereocenters. The molecule has 1 aromatic rings. The summed E-state index contributed by atoms with van der Waals surface area (Å²) in [4.78, 5) is 0. The van der Waals surface area contributed by atoms with E-state index >= 15 is 0 Å². The summed E-state index contributed by atoms with van der Waals surface area (Å²) in [5, 5.41) is 0.760. The normalized spacial score (nSPS) is 10.7. The number of benzene rings is 1. The molecular formula is C10H12ClO. The van der Waals surface area contributed by atoms with Crippen molar-refractivity contribution in [2.75, 3.05) is 0 Å². The summed E-state index contributed by atoms with van der Waals surface area (Å²) in [7, 11) is 0. The van der Waals surface area contributed by atoms with Gasteiger partial charge in [0.05, 0.1) is 12.7 Å². The van der Waals surface area contributed by atoms with Crippen molar-refractivity contribution in [2.24, 2.45) is 0 Å². The van der Waals surface area contributed by atoms with Crippen molar-refractivity contribution in [1.29, 1.82) is 0 Å². The van der Waals surface area contributed by atoms with E-state index in [0.29, 0.717) is 6.61 Å². The van der Waals surface area contributed by atoms with Gasteiger partial charge in [-0.25, -0.2) is 0 Å². The largest absolute Gasteiger partial charge is 0.368 e. The first-order valence-corrected chi connectivity index (χ1v) is 4.23. The molecule has 0 aliphatic rings. The minimum Gasteiger partial charge on any atom is -0.368 e. The fraction of sp³-hybridized carbons (Fsp3) is 0.300. The predicted octanol–water partition coefficient (Wildman–Crippen LogP) is 3.43. The first kappa shape index (κ1) is 9.56. The molecule has 0 saturated carbocycles. The van der Waals surface area contributed by atoms with Gasteiger partial charge in [-0.15, -0.1) is 0 Å². The van der Waals surface area contributed by atoms with Crippen LogP contribution in [0.25, 0.3) is 0 Å². The van der Waals surface area contributed by atoms with Crippen molar-refractivity contribution in [3.63, 3.8) is 0 Å². The summed E-state index contributed by atoms with van der Waals surface area (Å²) in [5.41, 5.74) is 1.14. The molecule has 0 unspecified atom stereocenters. The van der Waals surface area contributed by atoms with Gasteiger partial charge < -0.3 is 4.74 Å². The Morgan fingerprint density at radius 3 is 2.33 bits per heavy atom. The highest BCUT2D eigenvalue weighted by Crippen LogP contribution is 2.11. The van der Waals surface area contributed by atoms with Crippen molar-refractivity contribution >= 4 is 11.6 Å². The van der Waals surface area contributed by atoms with Gasteiger partial charge in [0.1, 0.15) is 0 Å². The molecule has 1 radical (unpaired) electrons. The van der Waals surface area contributed by atoms with E-state index in [1.807, 2.05) is 38.1 Å². The van der Waals surface area contributed by atoms with E-state index in [2.05, 4.69) is 0 Å². The lowest BCUT2D eigenvalue weighted by Gasteiger charge is -2.05. The minimum atomic E-state index is 0.625. The second kappa shape index (κ2) is 4.48. The maximum atomic E-state index is 5.73. The molecule has 1 nitrogen and oxygen atoms in total. The summed E-state index contributed by atoms with van der Waals surface area (Å²) in [5.74, 6) is 0. The molecule has 0 saturated heterocycles. The molecule has 0 heterocycles. The van der Waals surface area contributed by atoms with Crippen LogP contribution in [0.15, 0.2) is 24.3 Å². The Kier molecular flexibility index (Phi) is 3.57. The van der Waals surface area contributed by atoms with Crippen molar-refractivity contribution in [3.05, 3.63) is 41.0 Å². The van der Waals surface area contributed by atoms with Crippen LogP contribution < -0.4 is 0 Å². The molecule has 2 heteroatoms. The molecule has 0 amide bonds. The molecule has 0 N–H and O–H groups in total. The van der Waals surface area contributed by atoms with E-state index in [9.17, 15) is 0 Å².